The van der Waals surface area contributed by atoms with Gasteiger partial charge in [-0.1, -0.05) is 47.7 Å². The summed E-state index contributed by atoms with van der Waals surface area (Å²) in [5, 5.41) is 0. The molecule has 208 valence electrons. The SMILES string of the molecule is CCOc1cc(/C=c2\sc3n(c2=O)[C@H](c2ccc(OC)cc2)C2=C(N=3)c3ccccc3CC2)cc(Br)c1OC(C)=O. The van der Waals surface area contributed by atoms with Gasteiger partial charge in [-0.2, -0.15) is 0 Å². The van der Waals surface area contributed by atoms with E-state index >= 15 is 0 Å². The first-order valence-corrected chi connectivity index (χ1v) is 14.9. The fourth-order valence-electron chi connectivity index (χ4n) is 5.44. The van der Waals surface area contributed by atoms with Crippen molar-refractivity contribution in [2.75, 3.05) is 13.7 Å². The molecule has 0 bridgehead atoms. The number of hydrogen-bond donors (Lipinski definition) is 0. The van der Waals surface area contributed by atoms with Crippen LogP contribution in [0.2, 0.25) is 0 Å². The number of hydrogen-bond acceptors (Lipinski definition) is 7. The summed E-state index contributed by atoms with van der Waals surface area (Å²) in [6.45, 7) is 3.59. The molecular weight excluding hydrogens is 604 g/mol. The van der Waals surface area contributed by atoms with Crippen molar-refractivity contribution in [3.8, 4) is 17.2 Å². The Morgan fingerprint density at radius 2 is 1.93 bits per heavy atom. The molecule has 0 radical (unpaired) electrons. The molecular formula is C32H27BrN2O5S. The van der Waals surface area contributed by atoms with E-state index in [2.05, 4.69) is 34.1 Å². The van der Waals surface area contributed by atoms with Gasteiger partial charge in [0, 0.05) is 12.5 Å². The highest BCUT2D eigenvalue weighted by atomic mass is 79.9. The first kappa shape index (κ1) is 27.2. The van der Waals surface area contributed by atoms with Gasteiger partial charge in [0.25, 0.3) is 5.56 Å². The molecule has 0 N–H and O–H groups in total. The summed E-state index contributed by atoms with van der Waals surface area (Å²) in [5.74, 6) is 1.04. The average Bonchev–Trinajstić information content (AvgIpc) is 3.28. The van der Waals surface area contributed by atoms with Gasteiger partial charge in [0.2, 0.25) is 0 Å². The largest absolute Gasteiger partial charge is 0.497 e. The van der Waals surface area contributed by atoms with Crippen molar-refractivity contribution >= 4 is 45.0 Å². The molecule has 4 aromatic rings. The zero-order valence-corrected chi connectivity index (χ0v) is 25.2. The number of benzene rings is 3. The predicted octanol–water partition coefficient (Wildman–Crippen LogP) is 5.41. The summed E-state index contributed by atoms with van der Waals surface area (Å²) in [4.78, 5) is 31.5. The van der Waals surface area contributed by atoms with Crippen LogP contribution in [0.15, 0.2) is 80.5 Å². The van der Waals surface area contributed by atoms with Gasteiger partial charge in [-0.3, -0.25) is 14.2 Å². The van der Waals surface area contributed by atoms with Gasteiger partial charge in [-0.15, -0.1) is 0 Å². The van der Waals surface area contributed by atoms with Crippen LogP contribution in [0.5, 0.6) is 17.2 Å². The molecule has 0 saturated carbocycles. The molecule has 6 rings (SSSR count). The molecule has 9 heteroatoms. The maximum Gasteiger partial charge on any atom is 0.308 e. The third kappa shape index (κ3) is 5.04. The molecule has 7 nitrogen and oxygen atoms in total. The zero-order valence-electron chi connectivity index (χ0n) is 22.8. The molecule has 2 aliphatic rings. The van der Waals surface area contributed by atoms with Crippen molar-refractivity contribution in [3.05, 3.63) is 113 Å². The zero-order chi connectivity index (χ0) is 28.7. The van der Waals surface area contributed by atoms with Crippen LogP contribution in [-0.2, 0) is 11.2 Å². The Morgan fingerprint density at radius 3 is 2.66 bits per heavy atom. The Hall–Kier alpha value is -3.95. The molecule has 1 atom stereocenters. The van der Waals surface area contributed by atoms with Crippen molar-refractivity contribution in [2.24, 2.45) is 4.99 Å². The fourth-order valence-corrected chi connectivity index (χ4v) is 6.98. The minimum Gasteiger partial charge on any atom is -0.497 e. The van der Waals surface area contributed by atoms with Gasteiger partial charge in [0.1, 0.15) is 5.75 Å². The van der Waals surface area contributed by atoms with Crippen LogP contribution >= 0.6 is 27.3 Å². The number of methoxy groups -OCH3 is 1. The first-order chi connectivity index (χ1) is 19.9. The van der Waals surface area contributed by atoms with E-state index in [1.165, 1.54) is 23.8 Å². The summed E-state index contributed by atoms with van der Waals surface area (Å²) >= 11 is 4.86. The lowest BCUT2D eigenvalue weighted by atomic mass is 9.83. The summed E-state index contributed by atoms with van der Waals surface area (Å²) in [7, 11) is 1.64. The second kappa shape index (κ2) is 11.1. The number of carbonyl (C=O) groups excluding carboxylic acids is 1. The third-order valence-electron chi connectivity index (χ3n) is 7.18. The van der Waals surface area contributed by atoms with E-state index in [0.29, 0.717) is 31.9 Å². The van der Waals surface area contributed by atoms with Crippen molar-refractivity contribution < 1.29 is 19.0 Å². The van der Waals surface area contributed by atoms with Crippen LogP contribution in [0.1, 0.15) is 48.6 Å². The van der Waals surface area contributed by atoms with Gasteiger partial charge in [-0.05, 0) is 88.3 Å². The molecule has 0 unspecified atom stereocenters. The van der Waals surface area contributed by atoms with E-state index in [9.17, 15) is 9.59 Å². The summed E-state index contributed by atoms with van der Waals surface area (Å²) in [6.07, 6.45) is 3.54. The highest BCUT2D eigenvalue weighted by Gasteiger charge is 2.32. The number of fused-ring (bicyclic) bond motifs is 3. The number of esters is 1. The molecule has 0 spiro atoms. The quantitative estimate of drug-likeness (QED) is 0.210. The second-order valence-electron chi connectivity index (χ2n) is 9.74. The smallest absolute Gasteiger partial charge is 0.308 e. The average molecular weight is 632 g/mol. The van der Waals surface area contributed by atoms with Gasteiger partial charge >= 0.3 is 5.97 Å². The van der Waals surface area contributed by atoms with E-state index in [1.54, 1.807) is 19.2 Å². The van der Waals surface area contributed by atoms with Crippen LogP contribution in [0, 0.1) is 0 Å². The van der Waals surface area contributed by atoms with E-state index in [0.717, 1.165) is 46.6 Å². The van der Waals surface area contributed by atoms with Gasteiger partial charge < -0.3 is 14.2 Å². The monoisotopic (exact) mass is 630 g/mol. The molecule has 3 aromatic carbocycles. The number of aryl methyl sites for hydroxylation is 1. The van der Waals surface area contributed by atoms with Crippen molar-refractivity contribution in [1.82, 2.24) is 4.57 Å². The Bertz CT molecular complexity index is 1890. The first-order valence-electron chi connectivity index (χ1n) is 13.3. The van der Waals surface area contributed by atoms with Crippen LogP contribution in [0.25, 0.3) is 11.8 Å². The Kier molecular flexibility index (Phi) is 7.40. The van der Waals surface area contributed by atoms with Gasteiger partial charge in [0.05, 0.1) is 34.5 Å². The van der Waals surface area contributed by atoms with E-state index in [4.69, 9.17) is 19.2 Å². The van der Waals surface area contributed by atoms with Crippen molar-refractivity contribution in [2.45, 2.75) is 32.7 Å². The molecule has 1 aliphatic heterocycles. The van der Waals surface area contributed by atoms with Crippen LogP contribution in [0.4, 0.5) is 0 Å². The fraction of sp³-hybridized carbons (Fsp3) is 0.219. The van der Waals surface area contributed by atoms with E-state index < -0.39 is 5.97 Å². The number of rotatable bonds is 6. The lowest BCUT2D eigenvalue weighted by molar-refractivity contribution is -0.132. The van der Waals surface area contributed by atoms with E-state index in [1.807, 2.05) is 47.9 Å². The normalized spacial score (nSPS) is 15.9. The topological polar surface area (TPSA) is 79.1 Å². The molecule has 41 heavy (non-hydrogen) atoms. The standard InChI is InChI=1S/C32H27BrN2O5S/c1-4-39-26-16-19(15-25(33)30(26)40-18(2)36)17-27-31(37)35-29(21-9-12-22(38-3)13-10-21)24-14-11-20-7-5-6-8-23(20)28(24)34-32(35)41-27/h5-10,12-13,15-17,29H,4,11,14H2,1-3H3/b27-17-/t29-/m1/s1. The van der Waals surface area contributed by atoms with Crippen LogP contribution in [-0.4, -0.2) is 24.3 Å². The van der Waals surface area contributed by atoms with Crippen molar-refractivity contribution in [1.29, 1.82) is 0 Å². The minimum atomic E-state index is -0.447. The molecule has 2 heterocycles. The second-order valence-corrected chi connectivity index (χ2v) is 11.6. The Morgan fingerprint density at radius 1 is 1.15 bits per heavy atom. The number of carbonyl (C=O) groups is 1. The van der Waals surface area contributed by atoms with E-state index in [-0.39, 0.29) is 11.6 Å². The predicted molar refractivity (Wildman–Crippen MR) is 162 cm³/mol. The van der Waals surface area contributed by atoms with Crippen molar-refractivity contribution in [3.63, 3.8) is 0 Å². The van der Waals surface area contributed by atoms with Crippen LogP contribution < -0.4 is 29.1 Å². The molecule has 0 saturated heterocycles. The highest BCUT2D eigenvalue weighted by Crippen LogP contribution is 2.41. The summed E-state index contributed by atoms with van der Waals surface area (Å²) in [6, 6.07) is 19.6. The molecule has 1 aromatic heterocycles. The number of thiazole rings is 1. The maximum atomic E-state index is 14.1. The summed E-state index contributed by atoms with van der Waals surface area (Å²) < 4.78 is 19.4. The maximum absolute atomic E-state index is 14.1. The van der Waals surface area contributed by atoms with Gasteiger partial charge in [0.15, 0.2) is 16.3 Å². The highest BCUT2D eigenvalue weighted by molar-refractivity contribution is 9.10. The molecule has 0 amide bonds. The van der Waals surface area contributed by atoms with Gasteiger partial charge in [-0.25, -0.2) is 4.99 Å². The number of aromatic nitrogens is 1. The Labute approximate surface area is 249 Å². The number of allylic oxidation sites excluding steroid dienone is 1. The number of nitrogens with zero attached hydrogens (tertiary/aromatic N) is 2. The molecule has 0 fully saturated rings. The number of halogens is 1. The molecule has 1 aliphatic carbocycles. The summed E-state index contributed by atoms with van der Waals surface area (Å²) in [5.41, 5.74) is 6.11. The van der Waals surface area contributed by atoms with Crippen LogP contribution in [0.3, 0.4) is 0 Å². The third-order valence-corrected chi connectivity index (χ3v) is 8.75. The minimum absolute atomic E-state index is 0.113. The lowest BCUT2D eigenvalue weighted by Gasteiger charge is -2.30. The Balaban J connectivity index is 1.55. The lowest BCUT2D eigenvalue weighted by Crippen LogP contribution is -2.38. The number of ether oxygens (including phenoxy) is 3.